The van der Waals surface area contributed by atoms with Crippen LogP contribution in [0.1, 0.15) is 5.56 Å². The summed E-state index contributed by atoms with van der Waals surface area (Å²) in [6.07, 6.45) is 3.25. The zero-order chi connectivity index (χ0) is 15.1. The molecule has 108 valence electrons. The highest BCUT2D eigenvalue weighted by atomic mass is 35.5. The molecule has 0 atom stereocenters. The maximum absolute atomic E-state index is 5.97. The average molecular weight is 311 g/mol. The second-order valence-corrected chi connectivity index (χ2v) is 5.37. The highest BCUT2D eigenvalue weighted by Crippen LogP contribution is 2.27. The third-order valence-corrected chi connectivity index (χ3v) is 3.69. The summed E-state index contributed by atoms with van der Waals surface area (Å²) in [5.41, 5.74) is 4.23. The molecule has 4 rings (SSSR count). The number of anilines is 2. The van der Waals surface area contributed by atoms with Gasteiger partial charge in [-0.15, -0.1) is 0 Å². The Morgan fingerprint density at radius 2 is 2.05 bits per heavy atom. The molecule has 0 fully saturated rings. The van der Waals surface area contributed by atoms with Crippen molar-refractivity contribution in [2.24, 2.45) is 0 Å². The number of furan rings is 1. The van der Waals surface area contributed by atoms with Gasteiger partial charge >= 0.3 is 0 Å². The topological polar surface area (TPSA) is 63.8 Å². The summed E-state index contributed by atoms with van der Waals surface area (Å²) >= 11 is 5.97. The van der Waals surface area contributed by atoms with Crippen LogP contribution in [-0.4, -0.2) is 15.0 Å². The number of benzene rings is 1. The largest absolute Gasteiger partial charge is 0.464 e. The molecule has 3 heterocycles. The van der Waals surface area contributed by atoms with Crippen LogP contribution in [0.15, 0.2) is 47.3 Å². The number of fused-ring (bicyclic) bond motifs is 2. The molecule has 0 spiro atoms. The number of aryl methyl sites for hydroxylation is 1. The van der Waals surface area contributed by atoms with E-state index in [2.05, 4.69) is 20.3 Å². The maximum Gasteiger partial charge on any atom is 0.160 e. The van der Waals surface area contributed by atoms with Gasteiger partial charge in [0, 0.05) is 11.1 Å². The first-order chi connectivity index (χ1) is 10.7. The van der Waals surface area contributed by atoms with Gasteiger partial charge in [-0.05, 0) is 42.8 Å². The zero-order valence-corrected chi connectivity index (χ0v) is 12.4. The summed E-state index contributed by atoms with van der Waals surface area (Å²) in [5.74, 6) is 0.619. The van der Waals surface area contributed by atoms with Gasteiger partial charge in [0.1, 0.15) is 22.6 Å². The van der Waals surface area contributed by atoms with E-state index in [1.54, 1.807) is 12.3 Å². The van der Waals surface area contributed by atoms with Crippen molar-refractivity contribution in [3.63, 3.8) is 0 Å². The van der Waals surface area contributed by atoms with Crippen molar-refractivity contribution in [3.05, 3.63) is 53.6 Å². The molecule has 0 amide bonds. The Kier molecular flexibility index (Phi) is 2.94. The van der Waals surface area contributed by atoms with Gasteiger partial charge in [0.15, 0.2) is 5.82 Å². The van der Waals surface area contributed by atoms with Crippen LogP contribution in [0.3, 0.4) is 0 Å². The second kappa shape index (κ2) is 4.96. The summed E-state index contributed by atoms with van der Waals surface area (Å²) in [4.78, 5) is 12.8. The lowest BCUT2D eigenvalue weighted by Crippen LogP contribution is -1.97. The minimum atomic E-state index is 0.409. The van der Waals surface area contributed by atoms with Gasteiger partial charge in [0.25, 0.3) is 0 Å². The van der Waals surface area contributed by atoms with Crippen molar-refractivity contribution in [3.8, 4) is 0 Å². The lowest BCUT2D eigenvalue weighted by atomic mass is 10.2. The minimum absolute atomic E-state index is 0.409. The van der Waals surface area contributed by atoms with Crippen LogP contribution in [0, 0.1) is 6.92 Å². The Labute approximate surface area is 131 Å². The Balaban J connectivity index is 1.81. The van der Waals surface area contributed by atoms with Crippen LogP contribution in [-0.2, 0) is 0 Å². The van der Waals surface area contributed by atoms with Crippen molar-refractivity contribution >= 4 is 45.1 Å². The quantitative estimate of drug-likeness (QED) is 0.553. The lowest BCUT2D eigenvalue weighted by molar-refractivity contribution is 0.613. The van der Waals surface area contributed by atoms with Gasteiger partial charge in [0.05, 0.1) is 11.8 Å². The fourth-order valence-corrected chi connectivity index (χ4v) is 2.53. The number of hydrogen-bond acceptors (Lipinski definition) is 5. The van der Waals surface area contributed by atoms with Crippen LogP contribution in [0.5, 0.6) is 0 Å². The first-order valence-corrected chi connectivity index (χ1v) is 7.10. The van der Waals surface area contributed by atoms with Gasteiger partial charge in [0.2, 0.25) is 0 Å². The van der Waals surface area contributed by atoms with Crippen molar-refractivity contribution in [1.82, 2.24) is 15.0 Å². The number of nitrogens with zero attached hydrogens (tertiary/aromatic N) is 3. The number of hydrogen-bond donors (Lipinski definition) is 1. The molecular formula is C16H11ClN4O. The number of halogens is 1. The smallest absolute Gasteiger partial charge is 0.160 e. The van der Waals surface area contributed by atoms with Gasteiger partial charge < -0.3 is 9.73 Å². The van der Waals surface area contributed by atoms with Crippen LogP contribution in [0.4, 0.5) is 11.5 Å². The van der Waals surface area contributed by atoms with E-state index in [4.69, 9.17) is 16.0 Å². The zero-order valence-electron chi connectivity index (χ0n) is 11.7. The number of nitrogens with one attached hydrogen (secondary N) is 1. The summed E-state index contributed by atoms with van der Waals surface area (Å²) in [6.45, 7) is 2.01. The van der Waals surface area contributed by atoms with E-state index >= 15 is 0 Å². The predicted octanol–water partition coefficient (Wildman–Crippen LogP) is 4.48. The molecule has 0 aliphatic carbocycles. The Morgan fingerprint density at radius 1 is 1.14 bits per heavy atom. The molecule has 0 saturated heterocycles. The second-order valence-electron chi connectivity index (χ2n) is 4.98. The monoisotopic (exact) mass is 310 g/mol. The molecule has 0 saturated carbocycles. The standard InChI is InChI=1S/C16H11ClN4O/c1-9-7-22-13-4-2-10(6-11(9)13)20-16-15-12(18-8-19-16)3-5-14(17)21-15/h2-8H,1H3,(H,18,19,20). The van der Waals surface area contributed by atoms with Crippen LogP contribution in [0.25, 0.3) is 22.0 Å². The van der Waals surface area contributed by atoms with Crippen LogP contribution in [0.2, 0.25) is 5.15 Å². The molecule has 3 aromatic heterocycles. The molecule has 6 heteroatoms. The molecule has 0 unspecified atom stereocenters. The minimum Gasteiger partial charge on any atom is -0.464 e. The molecule has 22 heavy (non-hydrogen) atoms. The van der Waals surface area contributed by atoms with E-state index in [1.807, 2.05) is 31.2 Å². The van der Waals surface area contributed by atoms with E-state index in [1.165, 1.54) is 6.33 Å². The highest BCUT2D eigenvalue weighted by Gasteiger charge is 2.08. The van der Waals surface area contributed by atoms with Crippen LogP contribution < -0.4 is 5.32 Å². The van der Waals surface area contributed by atoms with E-state index in [0.717, 1.165) is 27.7 Å². The highest BCUT2D eigenvalue weighted by molar-refractivity contribution is 6.29. The van der Waals surface area contributed by atoms with Crippen molar-refractivity contribution in [2.45, 2.75) is 6.92 Å². The van der Waals surface area contributed by atoms with Crippen LogP contribution >= 0.6 is 11.6 Å². The van der Waals surface area contributed by atoms with Gasteiger partial charge in [-0.3, -0.25) is 0 Å². The predicted molar refractivity (Wildman–Crippen MR) is 86.6 cm³/mol. The fourth-order valence-electron chi connectivity index (χ4n) is 2.38. The average Bonchev–Trinajstić information content (AvgIpc) is 2.89. The maximum atomic E-state index is 5.97. The molecular weight excluding hydrogens is 300 g/mol. The van der Waals surface area contributed by atoms with Crippen molar-refractivity contribution < 1.29 is 4.42 Å². The summed E-state index contributed by atoms with van der Waals surface area (Å²) in [7, 11) is 0. The van der Waals surface area contributed by atoms with Gasteiger partial charge in [-0.1, -0.05) is 11.6 Å². The first-order valence-electron chi connectivity index (χ1n) is 6.73. The Morgan fingerprint density at radius 3 is 2.95 bits per heavy atom. The summed E-state index contributed by atoms with van der Waals surface area (Å²) in [5, 5.41) is 4.74. The number of rotatable bonds is 2. The third-order valence-electron chi connectivity index (χ3n) is 3.48. The number of aromatic nitrogens is 3. The van der Waals surface area contributed by atoms with Gasteiger partial charge in [-0.2, -0.15) is 0 Å². The molecule has 1 N–H and O–H groups in total. The molecule has 0 bridgehead atoms. The number of pyridine rings is 1. The lowest BCUT2D eigenvalue weighted by Gasteiger charge is -2.08. The Hall–Kier alpha value is -2.66. The normalized spacial score (nSPS) is 11.2. The molecule has 0 aliphatic rings. The van der Waals surface area contributed by atoms with E-state index in [9.17, 15) is 0 Å². The van der Waals surface area contributed by atoms with E-state index in [-0.39, 0.29) is 0 Å². The van der Waals surface area contributed by atoms with Gasteiger partial charge in [-0.25, -0.2) is 15.0 Å². The molecule has 1 aromatic carbocycles. The summed E-state index contributed by atoms with van der Waals surface area (Å²) < 4.78 is 5.46. The third kappa shape index (κ3) is 2.16. The molecule has 5 nitrogen and oxygen atoms in total. The summed E-state index contributed by atoms with van der Waals surface area (Å²) in [6, 6.07) is 9.41. The van der Waals surface area contributed by atoms with Crippen molar-refractivity contribution in [2.75, 3.05) is 5.32 Å². The molecule has 0 aliphatic heterocycles. The molecule has 4 aromatic rings. The Bertz CT molecular complexity index is 996. The first kappa shape index (κ1) is 13.0. The molecule has 0 radical (unpaired) electrons. The van der Waals surface area contributed by atoms with Crippen molar-refractivity contribution in [1.29, 1.82) is 0 Å². The van der Waals surface area contributed by atoms with E-state index < -0.39 is 0 Å². The fraction of sp³-hybridized carbons (Fsp3) is 0.0625. The SMILES string of the molecule is Cc1coc2ccc(Nc3ncnc4ccc(Cl)nc34)cc12. The van der Waals surface area contributed by atoms with E-state index in [0.29, 0.717) is 16.5 Å².